The van der Waals surface area contributed by atoms with Crippen LogP contribution >= 0.6 is 0 Å². The van der Waals surface area contributed by atoms with E-state index in [4.69, 9.17) is 11.5 Å². The summed E-state index contributed by atoms with van der Waals surface area (Å²) in [5.74, 6) is -0.857. The second-order valence-corrected chi connectivity index (χ2v) is 3.41. The molecule has 0 spiro atoms. The molecule has 0 aromatic heterocycles. The summed E-state index contributed by atoms with van der Waals surface area (Å²) >= 11 is 0. The molecule has 0 aliphatic heterocycles. The zero-order valence-corrected chi connectivity index (χ0v) is 7.96. The monoisotopic (exact) mass is 196 g/mol. The average molecular weight is 196 g/mol. The lowest BCUT2D eigenvalue weighted by Gasteiger charge is -2.24. The first-order valence-corrected chi connectivity index (χ1v) is 4.26. The van der Waals surface area contributed by atoms with Crippen LogP contribution in [-0.2, 0) is 10.2 Å². The van der Waals surface area contributed by atoms with Gasteiger partial charge in [-0.05, 0) is 24.6 Å². The van der Waals surface area contributed by atoms with Gasteiger partial charge in [0.25, 0.3) is 0 Å². The zero-order valence-electron chi connectivity index (χ0n) is 7.96. The summed E-state index contributed by atoms with van der Waals surface area (Å²) in [5.41, 5.74) is 10.4. The number of benzene rings is 1. The molecule has 1 amide bonds. The largest absolute Gasteiger partial charge is 0.369 e. The van der Waals surface area contributed by atoms with Crippen LogP contribution in [0.5, 0.6) is 0 Å². The van der Waals surface area contributed by atoms with Gasteiger partial charge in [0.15, 0.2) is 0 Å². The van der Waals surface area contributed by atoms with Gasteiger partial charge in [-0.1, -0.05) is 12.1 Å². The number of hydrogen-bond donors (Lipinski definition) is 2. The van der Waals surface area contributed by atoms with E-state index >= 15 is 0 Å². The first kappa shape index (κ1) is 10.7. The van der Waals surface area contributed by atoms with Crippen molar-refractivity contribution in [1.82, 2.24) is 0 Å². The molecule has 4 N–H and O–H groups in total. The highest BCUT2D eigenvalue weighted by molar-refractivity contribution is 5.86. The first-order chi connectivity index (χ1) is 6.50. The summed E-state index contributed by atoms with van der Waals surface area (Å²) in [7, 11) is 0. The Morgan fingerprint density at radius 1 is 1.43 bits per heavy atom. The number of carbonyl (C=O) groups is 1. The van der Waals surface area contributed by atoms with E-state index in [2.05, 4.69) is 0 Å². The number of primary amides is 1. The Hall–Kier alpha value is -1.42. The van der Waals surface area contributed by atoms with Crippen molar-refractivity contribution in [3.63, 3.8) is 0 Å². The molecule has 3 nitrogen and oxygen atoms in total. The number of amides is 1. The van der Waals surface area contributed by atoms with Gasteiger partial charge < -0.3 is 11.5 Å². The Balaban J connectivity index is 3.13. The molecular formula is C10H13FN2O. The molecule has 0 aliphatic carbocycles. The summed E-state index contributed by atoms with van der Waals surface area (Å²) in [6, 6.07) is 5.61. The Labute approximate surface area is 81.9 Å². The molecule has 0 saturated carbocycles. The fraction of sp³-hybridized carbons (Fsp3) is 0.300. The Morgan fingerprint density at radius 2 is 1.93 bits per heavy atom. The van der Waals surface area contributed by atoms with E-state index in [0.29, 0.717) is 5.56 Å². The highest BCUT2D eigenvalue weighted by atomic mass is 19.1. The van der Waals surface area contributed by atoms with Gasteiger partial charge in [0, 0.05) is 6.54 Å². The van der Waals surface area contributed by atoms with Gasteiger partial charge in [-0.2, -0.15) is 0 Å². The zero-order chi connectivity index (χ0) is 10.8. The smallest absolute Gasteiger partial charge is 0.229 e. The third kappa shape index (κ3) is 1.75. The van der Waals surface area contributed by atoms with E-state index in [9.17, 15) is 9.18 Å². The predicted molar refractivity (Wildman–Crippen MR) is 52.0 cm³/mol. The third-order valence-electron chi connectivity index (χ3n) is 2.43. The SMILES string of the molecule is CC(CN)(C(N)=O)c1ccc(F)cc1. The molecule has 1 rings (SSSR count). The Morgan fingerprint density at radius 3 is 2.29 bits per heavy atom. The fourth-order valence-corrected chi connectivity index (χ4v) is 1.18. The lowest BCUT2D eigenvalue weighted by molar-refractivity contribution is -0.122. The van der Waals surface area contributed by atoms with E-state index in [1.807, 2.05) is 0 Å². The summed E-state index contributed by atoms with van der Waals surface area (Å²) in [6.45, 7) is 1.75. The van der Waals surface area contributed by atoms with E-state index in [1.54, 1.807) is 6.92 Å². The maximum absolute atomic E-state index is 12.6. The third-order valence-corrected chi connectivity index (χ3v) is 2.43. The van der Waals surface area contributed by atoms with Gasteiger partial charge >= 0.3 is 0 Å². The molecule has 14 heavy (non-hydrogen) atoms. The first-order valence-electron chi connectivity index (χ1n) is 4.26. The normalized spacial score (nSPS) is 14.8. The second kappa shape index (κ2) is 3.75. The minimum atomic E-state index is -0.923. The summed E-state index contributed by atoms with van der Waals surface area (Å²) in [4.78, 5) is 11.2. The molecule has 0 heterocycles. The molecule has 0 aliphatic rings. The molecule has 1 aromatic rings. The summed E-state index contributed by atoms with van der Waals surface area (Å²) < 4.78 is 12.6. The van der Waals surface area contributed by atoms with E-state index in [0.717, 1.165) is 0 Å². The Kier molecular flexibility index (Phi) is 2.86. The molecule has 76 valence electrons. The predicted octanol–water partition coefficient (Wildman–Crippen LogP) is 0.527. The van der Waals surface area contributed by atoms with Crippen molar-refractivity contribution < 1.29 is 9.18 Å². The van der Waals surface area contributed by atoms with Crippen LogP contribution in [-0.4, -0.2) is 12.5 Å². The average Bonchev–Trinajstić information content (AvgIpc) is 2.17. The number of rotatable bonds is 3. The van der Waals surface area contributed by atoms with Crippen LogP contribution in [0.25, 0.3) is 0 Å². The summed E-state index contributed by atoms with van der Waals surface area (Å²) in [6.07, 6.45) is 0. The lowest BCUT2D eigenvalue weighted by atomic mass is 9.82. The van der Waals surface area contributed by atoms with Crippen LogP contribution < -0.4 is 11.5 Å². The highest BCUT2D eigenvalue weighted by Crippen LogP contribution is 2.22. The van der Waals surface area contributed by atoms with Crippen LogP contribution in [0.1, 0.15) is 12.5 Å². The van der Waals surface area contributed by atoms with Gasteiger partial charge in [-0.15, -0.1) is 0 Å². The van der Waals surface area contributed by atoms with Gasteiger partial charge in [0.2, 0.25) is 5.91 Å². The molecule has 1 aromatic carbocycles. The molecule has 0 radical (unpaired) electrons. The van der Waals surface area contributed by atoms with Gasteiger partial charge in [-0.25, -0.2) is 4.39 Å². The Bertz CT molecular complexity index is 336. The molecule has 1 atom stereocenters. The molecule has 0 bridgehead atoms. The quantitative estimate of drug-likeness (QED) is 0.740. The lowest BCUT2D eigenvalue weighted by Crippen LogP contribution is -2.44. The van der Waals surface area contributed by atoms with Crippen molar-refractivity contribution in [2.45, 2.75) is 12.3 Å². The van der Waals surface area contributed by atoms with E-state index < -0.39 is 11.3 Å². The number of carbonyl (C=O) groups excluding carboxylic acids is 1. The molecule has 1 unspecified atom stereocenters. The van der Waals surface area contributed by atoms with Crippen LogP contribution in [0.3, 0.4) is 0 Å². The van der Waals surface area contributed by atoms with Crippen molar-refractivity contribution in [1.29, 1.82) is 0 Å². The van der Waals surface area contributed by atoms with Crippen molar-refractivity contribution in [3.8, 4) is 0 Å². The van der Waals surface area contributed by atoms with Crippen LogP contribution in [0.4, 0.5) is 4.39 Å². The van der Waals surface area contributed by atoms with Crippen LogP contribution in [0, 0.1) is 5.82 Å². The van der Waals surface area contributed by atoms with Crippen LogP contribution in [0.15, 0.2) is 24.3 Å². The minimum Gasteiger partial charge on any atom is -0.369 e. The second-order valence-electron chi connectivity index (χ2n) is 3.41. The fourth-order valence-electron chi connectivity index (χ4n) is 1.18. The van der Waals surface area contributed by atoms with Gasteiger partial charge in [-0.3, -0.25) is 4.79 Å². The number of halogens is 1. The molecule has 0 saturated heterocycles. The number of nitrogens with two attached hydrogens (primary N) is 2. The highest BCUT2D eigenvalue weighted by Gasteiger charge is 2.31. The van der Waals surface area contributed by atoms with E-state index in [1.165, 1.54) is 24.3 Å². The van der Waals surface area contributed by atoms with Crippen LogP contribution in [0.2, 0.25) is 0 Å². The molecule has 4 heteroatoms. The van der Waals surface area contributed by atoms with Crippen molar-refractivity contribution in [2.24, 2.45) is 11.5 Å². The van der Waals surface area contributed by atoms with E-state index in [-0.39, 0.29) is 12.4 Å². The van der Waals surface area contributed by atoms with Gasteiger partial charge in [0.05, 0.1) is 5.41 Å². The summed E-state index contributed by atoms with van der Waals surface area (Å²) in [5, 5.41) is 0. The number of hydrogen-bond acceptors (Lipinski definition) is 2. The minimum absolute atomic E-state index is 0.105. The topological polar surface area (TPSA) is 69.1 Å². The standard InChI is InChI=1S/C10H13FN2O/c1-10(6-12,9(13)14)7-2-4-8(11)5-3-7/h2-5H,6,12H2,1H3,(H2,13,14). The van der Waals surface area contributed by atoms with Gasteiger partial charge in [0.1, 0.15) is 5.82 Å². The molecule has 0 fully saturated rings. The van der Waals surface area contributed by atoms with Crippen molar-refractivity contribution in [2.75, 3.05) is 6.54 Å². The van der Waals surface area contributed by atoms with Crippen molar-refractivity contribution in [3.05, 3.63) is 35.6 Å². The van der Waals surface area contributed by atoms with Crippen molar-refractivity contribution >= 4 is 5.91 Å². The maximum atomic E-state index is 12.6. The molecular weight excluding hydrogens is 183 g/mol. The maximum Gasteiger partial charge on any atom is 0.229 e.